The number of aromatic nitrogens is 1. The van der Waals surface area contributed by atoms with Gasteiger partial charge in [0, 0.05) is 27.6 Å². The highest BCUT2D eigenvalue weighted by molar-refractivity contribution is 6.36. The number of phenolic OH excluding ortho intramolecular Hbond substituents is 1. The van der Waals surface area contributed by atoms with Gasteiger partial charge in [0.1, 0.15) is 5.75 Å². The van der Waals surface area contributed by atoms with Crippen LogP contribution in [0.5, 0.6) is 5.75 Å². The molecule has 0 saturated heterocycles. The van der Waals surface area contributed by atoms with Gasteiger partial charge in [-0.15, -0.1) is 0 Å². The highest BCUT2D eigenvalue weighted by Gasteiger charge is 2.17. The van der Waals surface area contributed by atoms with Crippen molar-refractivity contribution in [3.8, 4) is 5.75 Å². The first-order chi connectivity index (χ1) is 11.1. The van der Waals surface area contributed by atoms with E-state index in [1.54, 1.807) is 30.3 Å². The monoisotopic (exact) mass is 328 g/mol. The van der Waals surface area contributed by atoms with Gasteiger partial charge in [0.2, 0.25) is 0 Å². The molecule has 0 saturated carbocycles. The smallest absolute Gasteiger partial charge is 0.259 e. The number of phenols is 1. The average Bonchev–Trinajstić information content (AvgIpc) is 2.58. The minimum atomic E-state index is -0.530. The summed E-state index contributed by atoms with van der Waals surface area (Å²) in [5, 5.41) is 23.8. The van der Waals surface area contributed by atoms with Crippen molar-refractivity contribution in [2.75, 3.05) is 5.32 Å². The molecule has 3 rings (SSSR count). The van der Waals surface area contributed by atoms with Crippen molar-refractivity contribution in [2.24, 2.45) is 0 Å². The minimum absolute atomic E-state index is 0.0569. The molecule has 2 aromatic carbocycles. The van der Waals surface area contributed by atoms with Crippen LogP contribution in [0.2, 0.25) is 5.02 Å². The maximum Gasteiger partial charge on any atom is 0.259 e. The molecule has 1 amide bonds. The molecule has 116 valence electrons. The van der Waals surface area contributed by atoms with Crippen LogP contribution in [-0.4, -0.2) is 21.1 Å². The molecule has 0 radical (unpaired) electrons. The summed E-state index contributed by atoms with van der Waals surface area (Å²) in [6.45, 7) is -0.234. The van der Waals surface area contributed by atoms with E-state index in [2.05, 4.69) is 10.3 Å². The van der Waals surface area contributed by atoms with Crippen LogP contribution in [0.1, 0.15) is 15.9 Å². The number of nitrogens with one attached hydrogen (secondary N) is 1. The molecule has 3 aromatic rings. The van der Waals surface area contributed by atoms with Crippen LogP contribution in [-0.2, 0) is 6.61 Å². The van der Waals surface area contributed by atoms with E-state index in [4.69, 9.17) is 11.6 Å². The van der Waals surface area contributed by atoms with Crippen molar-refractivity contribution < 1.29 is 15.0 Å². The summed E-state index contributed by atoms with van der Waals surface area (Å²) in [5.41, 5.74) is 0.963. The van der Waals surface area contributed by atoms with Crippen LogP contribution in [0.15, 0.2) is 48.8 Å². The van der Waals surface area contributed by atoms with Crippen molar-refractivity contribution in [3.05, 3.63) is 64.9 Å². The number of aliphatic hydroxyl groups excluding tert-OH is 1. The fraction of sp³-hybridized carbons (Fsp3) is 0.0588. The molecule has 0 unspecified atom stereocenters. The minimum Gasteiger partial charge on any atom is -0.506 e. The lowest BCUT2D eigenvalue weighted by Gasteiger charge is -2.12. The molecule has 23 heavy (non-hydrogen) atoms. The van der Waals surface area contributed by atoms with Crippen LogP contribution in [0.4, 0.5) is 5.69 Å². The summed E-state index contributed by atoms with van der Waals surface area (Å²) in [7, 11) is 0. The number of halogens is 1. The number of fused-ring (bicyclic) bond motifs is 1. The first kappa shape index (κ1) is 15.3. The predicted molar refractivity (Wildman–Crippen MR) is 88.7 cm³/mol. The number of benzene rings is 2. The normalized spacial score (nSPS) is 10.7. The summed E-state index contributed by atoms with van der Waals surface area (Å²) in [4.78, 5) is 16.4. The van der Waals surface area contributed by atoms with Gasteiger partial charge in [-0.05, 0) is 12.1 Å². The van der Waals surface area contributed by atoms with E-state index in [1.807, 2.05) is 0 Å². The van der Waals surface area contributed by atoms with Crippen molar-refractivity contribution in [3.63, 3.8) is 0 Å². The van der Waals surface area contributed by atoms with Gasteiger partial charge in [-0.25, -0.2) is 0 Å². The fourth-order valence-corrected chi connectivity index (χ4v) is 2.63. The lowest BCUT2D eigenvalue weighted by atomic mass is 10.0. The quantitative estimate of drug-likeness (QED) is 0.688. The molecule has 3 N–H and O–H groups in total. The molecule has 0 aliphatic heterocycles. The zero-order chi connectivity index (χ0) is 16.4. The first-order valence-corrected chi connectivity index (χ1v) is 7.25. The summed E-state index contributed by atoms with van der Waals surface area (Å²) >= 11 is 6.20. The van der Waals surface area contributed by atoms with E-state index >= 15 is 0 Å². The number of hydrogen-bond donors (Lipinski definition) is 3. The maximum atomic E-state index is 12.5. The number of aliphatic hydroxyl groups is 1. The second-order valence-corrected chi connectivity index (χ2v) is 5.35. The first-order valence-electron chi connectivity index (χ1n) is 6.87. The summed E-state index contributed by atoms with van der Waals surface area (Å²) in [6.07, 6.45) is 2.95. The largest absolute Gasteiger partial charge is 0.506 e. The number of carbonyl (C=O) groups excluding carboxylic acids is 1. The second kappa shape index (κ2) is 6.24. The van der Waals surface area contributed by atoms with Crippen molar-refractivity contribution in [1.82, 2.24) is 4.98 Å². The maximum absolute atomic E-state index is 12.5. The molecule has 0 aliphatic rings. The molecule has 0 aliphatic carbocycles. The highest BCUT2D eigenvalue weighted by Crippen LogP contribution is 2.34. The molecule has 1 heterocycles. The Kier molecular flexibility index (Phi) is 4.14. The Morgan fingerprint density at radius 3 is 2.70 bits per heavy atom. The van der Waals surface area contributed by atoms with Crippen LogP contribution in [0.25, 0.3) is 10.8 Å². The van der Waals surface area contributed by atoms with E-state index < -0.39 is 5.91 Å². The number of anilines is 1. The molecular formula is C17H13ClN2O3. The highest BCUT2D eigenvalue weighted by atomic mass is 35.5. The zero-order valence-electron chi connectivity index (χ0n) is 12.0. The van der Waals surface area contributed by atoms with E-state index in [0.717, 1.165) is 0 Å². The van der Waals surface area contributed by atoms with Gasteiger partial charge in [-0.1, -0.05) is 35.9 Å². The van der Waals surface area contributed by atoms with Gasteiger partial charge >= 0.3 is 0 Å². The third-order valence-electron chi connectivity index (χ3n) is 3.54. The Bertz CT molecular complexity index is 896. The fourth-order valence-electron chi connectivity index (χ4n) is 2.35. The van der Waals surface area contributed by atoms with Crippen molar-refractivity contribution in [2.45, 2.75) is 6.61 Å². The van der Waals surface area contributed by atoms with Crippen LogP contribution in [0, 0.1) is 0 Å². The lowest BCUT2D eigenvalue weighted by Crippen LogP contribution is -2.14. The molecule has 6 heteroatoms. The molecule has 1 aromatic heterocycles. The molecule has 0 spiro atoms. The Morgan fingerprint density at radius 2 is 1.96 bits per heavy atom. The number of aromatic hydroxyl groups is 1. The zero-order valence-corrected chi connectivity index (χ0v) is 12.7. The van der Waals surface area contributed by atoms with Gasteiger partial charge in [0.05, 0.1) is 24.1 Å². The SMILES string of the molecule is O=C(Nc1cnccc1CO)c1cc(Cl)c2ccccc2c1O. The number of hydrogen-bond acceptors (Lipinski definition) is 4. The van der Waals surface area contributed by atoms with Crippen molar-refractivity contribution >= 4 is 34.0 Å². The third-order valence-corrected chi connectivity index (χ3v) is 3.85. The van der Waals surface area contributed by atoms with E-state index in [0.29, 0.717) is 27.0 Å². The summed E-state index contributed by atoms with van der Waals surface area (Å²) in [6, 6.07) is 10.0. The van der Waals surface area contributed by atoms with E-state index in [1.165, 1.54) is 18.5 Å². The second-order valence-electron chi connectivity index (χ2n) is 4.95. The number of pyridine rings is 1. The molecular weight excluding hydrogens is 316 g/mol. The van der Waals surface area contributed by atoms with Crippen molar-refractivity contribution in [1.29, 1.82) is 0 Å². The van der Waals surface area contributed by atoms with Crippen LogP contribution >= 0.6 is 11.6 Å². The Morgan fingerprint density at radius 1 is 1.22 bits per heavy atom. The average molecular weight is 329 g/mol. The predicted octanol–water partition coefficient (Wildman–Crippen LogP) is 3.34. The number of amides is 1. The molecule has 0 fully saturated rings. The van der Waals surface area contributed by atoms with Gasteiger partial charge < -0.3 is 15.5 Å². The molecule has 5 nitrogen and oxygen atoms in total. The van der Waals surface area contributed by atoms with Crippen LogP contribution in [0.3, 0.4) is 0 Å². The number of nitrogens with zero attached hydrogens (tertiary/aromatic N) is 1. The Hall–Kier alpha value is -2.63. The standard InChI is InChI=1S/C17H13ClN2O3/c18-14-7-13(16(22)12-4-2-1-3-11(12)14)17(23)20-15-8-19-6-5-10(15)9-21/h1-8,21-22H,9H2,(H,20,23). The topological polar surface area (TPSA) is 82.5 Å². The molecule has 0 bridgehead atoms. The Balaban J connectivity index is 2.03. The van der Waals surface area contributed by atoms with Gasteiger partial charge in [0.25, 0.3) is 5.91 Å². The van der Waals surface area contributed by atoms with Gasteiger partial charge in [-0.3, -0.25) is 9.78 Å². The van der Waals surface area contributed by atoms with E-state index in [9.17, 15) is 15.0 Å². The van der Waals surface area contributed by atoms with Crippen LogP contribution < -0.4 is 5.32 Å². The molecule has 0 atom stereocenters. The van der Waals surface area contributed by atoms with Gasteiger partial charge in [-0.2, -0.15) is 0 Å². The van der Waals surface area contributed by atoms with E-state index in [-0.39, 0.29) is 17.9 Å². The Labute approximate surface area is 137 Å². The number of carbonyl (C=O) groups is 1. The lowest BCUT2D eigenvalue weighted by molar-refractivity contribution is 0.102. The summed E-state index contributed by atoms with van der Waals surface area (Å²) < 4.78 is 0. The summed E-state index contributed by atoms with van der Waals surface area (Å²) in [5.74, 6) is -0.671. The third kappa shape index (κ3) is 2.84. The van der Waals surface area contributed by atoms with Gasteiger partial charge in [0.15, 0.2) is 0 Å². The number of rotatable bonds is 3.